The van der Waals surface area contributed by atoms with Crippen molar-refractivity contribution >= 4 is 23.4 Å². The predicted molar refractivity (Wildman–Crippen MR) is 75.6 cm³/mol. The van der Waals surface area contributed by atoms with Crippen LogP contribution in [0.25, 0.3) is 0 Å². The molecular formula is C13H18O3S2. The van der Waals surface area contributed by atoms with E-state index in [2.05, 4.69) is 12.6 Å². The van der Waals surface area contributed by atoms with Crippen LogP contribution in [0.2, 0.25) is 0 Å². The average Bonchev–Trinajstić information content (AvgIpc) is 2.82. The minimum absolute atomic E-state index is 0.00478. The maximum Gasteiger partial charge on any atom is 0.100 e. The third kappa shape index (κ3) is 2.96. The Kier molecular flexibility index (Phi) is 5.24. The Bertz CT molecular complexity index is 396. The third-order valence-electron chi connectivity index (χ3n) is 3.14. The van der Waals surface area contributed by atoms with Gasteiger partial charge in [-0.25, -0.2) is 0 Å². The molecule has 1 saturated heterocycles. The lowest BCUT2D eigenvalue weighted by atomic mass is 10.1. The van der Waals surface area contributed by atoms with Gasteiger partial charge in [0.15, 0.2) is 0 Å². The summed E-state index contributed by atoms with van der Waals surface area (Å²) in [6.07, 6.45) is 0.716. The molecule has 1 aromatic carbocycles. The van der Waals surface area contributed by atoms with Crippen LogP contribution in [-0.4, -0.2) is 41.1 Å². The monoisotopic (exact) mass is 286 g/mol. The van der Waals surface area contributed by atoms with Crippen molar-refractivity contribution < 1.29 is 13.7 Å². The lowest BCUT2D eigenvalue weighted by Crippen LogP contribution is -2.35. The zero-order valence-corrected chi connectivity index (χ0v) is 12.0. The van der Waals surface area contributed by atoms with Gasteiger partial charge in [0.1, 0.15) is 6.10 Å². The molecule has 1 aromatic rings. The molecule has 1 aliphatic rings. The highest BCUT2D eigenvalue weighted by molar-refractivity contribution is 7.85. The standard InChI is InChI=1S/C13H18O3S2/c1-15-13-11(7-8-17)16-9-12(13)18(14)10-5-3-2-4-6-10/h2-6,11-13,17H,7-9H2,1H3/t11-,12+,13-,18?/m1/s1. The van der Waals surface area contributed by atoms with Gasteiger partial charge in [0, 0.05) is 12.0 Å². The molecule has 1 fully saturated rings. The number of ether oxygens (including phenoxy) is 2. The summed E-state index contributed by atoms with van der Waals surface area (Å²) in [5, 5.41) is -0.0951. The molecule has 1 heterocycles. The molecule has 18 heavy (non-hydrogen) atoms. The highest BCUT2D eigenvalue weighted by Gasteiger charge is 2.40. The third-order valence-corrected chi connectivity index (χ3v) is 5.09. The van der Waals surface area contributed by atoms with E-state index in [-0.39, 0.29) is 17.5 Å². The molecule has 4 atom stereocenters. The first kappa shape index (κ1) is 14.1. The number of methoxy groups -OCH3 is 1. The first-order chi connectivity index (χ1) is 8.77. The second-order valence-corrected chi connectivity index (χ2v) is 6.35. The Morgan fingerprint density at radius 2 is 2.17 bits per heavy atom. The Morgan fingerprint density at radius 3 is 2.78 bits per heavy atom. The minimum Gasteiger partial charge on any atom is -0.377 e. The molecule has 0 bridgehead atoms. The van der Waals surface area contributed by atoms with Crippen LogP contribution in [0.15, 0.2) is 35.2 Å². The van der Waals surface area contributed by atoms with Crippen LogP contribution in [0, 0.1) is 0 Å². The summed E-state index contributed by atoms with van der Waals surface area (Å²) >= 11 is 4.21. The summed E-state index contributed by atoms with van der Waals surface area (Å²) in [6.45, 7) is 0.485. The van der Waals surface area contributed by atoms with Gasteiger partial charge in [0.2, 0.25) is 0 Å². The summed E-state index contributed by atoms with van der Waals surface area (Å²) in [6, 6.07) is 9.49. The highest BCUT2D eigenvalue weighted by Crippen LogP contribution is 2.27. The first-order valence-electron chi connectivity index (χ1n) is 5.98. The largest absolute Gasteiger partial charge is 0.377 e. The summed E-state index contributed by atoms with van der Waals surface area (Å²) < 4.78 is 23.7. The number of hydrogen-bond donors (Lipinski definition) is 1. The van der Waals surface area contributed by atoms with Crippen LogP contribution in [0.4, 0.5) is 0 Å². The molecule has 3 nitrogen and oxygen atoms in total. The number of hydrogen-bond acceptors (Lipinski definition) is 4. The van der Waals surface area contributed by atoms with Crippen molar-refractivity contribution in [3.63, 3.8) is 0 Å². The summed E-state index contributed by atoms with van der Waals surface area (Å²) in [5.41, 5.74) is 0. The van der Waals surface area contributed by atoms with Gasteiger partial charge >= 0.3 is 0 Å². The van der Waals surface area contributed by atoms with Crippen LogP contribution in [0.5, 0.6) is 0 Å². The molecular weight excluding hydrogens is 268 g/mol. The molecule has 0 spiro atoms. The van der Waals surface area contributed by atoms with E-state index in [1.165, 1.54) is 0 Å². The fourth-order valence-corrected chi connectivity index (χ4v) is 4.00. The minimum atomic E-state index is -1.09. The van der Waals surface area contributed by atoms with Gasteiger partial charge in [-0.05, 0) is 24.3 Å². The van der Waals surface area contributed by atoms with E-state index < -0.39 is 10.8 Å². The fourth-order valence-electron chi connectivity index (χ4n) is 2.24. The number of benzene rings is 1. The summed E-state index contributed by atoms with van der Waals surface area (Å²) in [7, 11) is 0.565. The highest BCUT2D eigenvalue weighted by atomic mass is 32.2. The van der Waals surface area contributed by atoms with Gasteiger partial charge in [0.05, 0.1) is 28.8 Å². The van der Waals surface area contributed by atoms with Crippen LogP contribution >= 0.6 is 12.6 Å². The molecule has 0 radical (unpaired) electrons. The number of rotatable bonds is 5. The van der Waals surface area contributed by atoms with Crippen molar-refractivity contribution in [3.05, 3.63) is 30.3 Å². The lowest BCUT2D eigenvalue weighted by molar-refractivity contribution is 0.0156. The molecule has 2 rings (SSSR count). The molecule has 100 valence electrons. The Balaban J connectivity index is 2.11. The molecule has 0 amide bonds. The van der Waals surface area contributed by atoms with Gasteiger partial charge < -0.3 is 9.47 Å². The van der Waals surface area contributed by atoms with Crippen LogP contribution in [0.1, 0.15) is 6.42 Å². The van der Waals surface area contributed by atoms with Gasteiger partial charge in [-0.2, -0.15) is 12.6 Å². The molecule has 0 saturated carbocycles. The lowest BCUT2D eigenvalue weighted by Gasteiger charge is -2.20. The van der Waals surface area contributed by atoms with E-state index in [4.69, 9.17) is 9.47 Å². The SMILES string of the molecule is CO[C@@H]1[C@@H](CCS)OC[C@@H]1S(=O)c1ccccc1. The van der Waals surface area contributed by atoms with Gasteiger partial charge in [-0.3, -0.25) is 4.21 Å². The summed E-state index contributed by atoms with van der Waals surface area (Å²) in [4.78, 5) is 0.833. The normalized spacial score (nSPS) is 29.3. The van der Waals surface area contributed by atoms with Crippen LogP contribution in [0.3, 0.4) is 0 Å². The van der Waals surface area contributed by atoms with Gasteiger partial charge in [-0.1, -0.05) is 18.2 Å². The maximum absolute atomic E-state index is 12.5. The van der Waals surface area contributed by atoms with Crippen molar-refractivity contribution in [3.8, 4) is 0 Å². The number of thiol groups is 1. The van der Waals surface area contributed by atoms with E-state index in [1.54, 1.807) is 7.11 Å². The molecule has 0 N–H and O–H groups in total. The smallest absolute Gasteiger partial charge is 0.100 e. The molecule has 1 aliphatic heterocycles. The van der Waals surface area contributed by atoms with E-state index in [0.717, 1.165) is 17.1 Å². The van der Waals surface area contributed by atoms with Crippen molar-refractivity contribution in [1.29, 1.82) is 0 Å². The zero-order valence-electron chi connectivity index (χ0n) is 10.3. The topological polar surface area (TPSA) is 35.5 Å². The van der Waals surface area contributed by atoms with Gasteiger partial charge in [-0.15, -0.1) is 0 Å². The van der Waals surface area contributed by atoms with Gasteiger partial charge in [0.25, 0.3) is 0 Å². The average molecular weight is 286 g/mol. The summed E-state index contributed by atoms with van der Waals surface area (Å²) in [5.74, 6) is 0.745. The van der Waals surface area contributed by atoms with Crippen LogP contribution < -0.4 is 0 Å². The van der Waals surface area contributed by atoms with E-state index in [1.807, 2.05) is 30.3 Å². The second kappa shape index (κ2) is 6.70. The fraction of sp³-hybridized carbons (Fsp3) is 0.538. The van der Waals surface area contributed by atoms with Crippen molar-refractivity contribution in [2.24, 2.45) is 0 Å². The molecule has 1 unspecified atom stereocenters. The van der Waals surface area contributed by atoms with E-state index in [9.17, 15) is 4.21 Å². The molecule has 5 heteroatoms. The van der Waals surface area contributed by atoms with Crippen molar-refractivity contribution in [1.82, 2.24) is 0 Å². The van der Waals surface area contributed by atoms with E-state index in [0.29, 0.717) is 6.61 Å². The van der Waals surface area contributed by atoms with Crippen molar-refractivity contribution in [2.75, 3.05) is 19.5 Å². The molecule has 0 aromatic heterocycles. The van der Waals surface area contributed by atoms with E-state index >= 15 is 0 Å². The first-order valence-corrected chi connectivity index (χ1v) is 7.83. The Hall–Kier alpha value is -0.360. The zero-order chi connectivity index (χ0) is 13.0. The molecule has 0 aliphatic carbocycles. The Morgan fingerprint density at radius 1 is 1.44 bits per heavy atom. The quantitative estimate of drug-likeness (QED) is 0.840. The van der Waals surface area contributed by atoms with Crippen molar-refractivity contribution in [2.45, 2.75) is 28.8 Å². The van der Waals surface area contributed by atoms with Crippen LogP contribution in [-0.2, 0) is 20.3 Å². The Labute approximate surface area is 116 Å². The predicted octanol–water partition coefficient (Wildman–Crippen LogP) is 1.90. The maximum atomic E-state index is 12.5. The second-order valence-electron chi connectivity index (χ2n) is 4.23.